The predicted molar refractivity (Wildman–Crippen MR) is 73.4 cm³/mol. The molecule has 0 saturated carbocycles. The molecule has 0 aromatic rings. The van der Waals surface area contributed by atoms with Gasteiger partial charge in [-0.1, -0.05) is 13.8 Å². The van der Waals surface area contributed by atoms with E-state index >= 15 is 0 Å². The smallest absolute Gasteiger partial charge is 0.0220 e. The Hall–Kier alpha value is -0.120. The Morgan fingerprint density at radius 3 is 2.47 bits per heavy atom. The quantitative estimate of drug-likeness (QED) is 0.800. The first-order chi connectivity index (χ1) is 8.29. The fourth-order valence-corrected chi connectivity index (χ4v) is 3.15. The van der Waals surface area contributed by atoms with Crippen LogP contribution in [-0.4, -0.2) is 61.7 Å². The van der Waals surface area contributed by atoms with E-state index in [2.05, 4.69) is 29.0 Å². The molecule has 0 aromatic heterocycles. The van der Waals surface area contributed by atoms with Crippen molar-refractivity contribution in [2.24, 2.45) is 5.92 Å². The lowest BCUT2D eigenvalue weighted by atomic mass is 9.92. The van der Waals surface area contributed by atoms with Crippen LogP contribution in [-0.2, 0) is 0 Å². The van der Waals surface area contributed by atoms with Gasteiger partial charge in [0.25, 0.3) is 0 Å². The molecule has 0 bridgehead atoms. The van der Waals surface area contributed by atoms with Gasteiger partial charge < -0.3 is 10.2 Å². The van der Waals surface area contributed by atoms with Gasteiger partial charge >= 0.3 is 0 Å². The highest BCUT2D eigenvalue weighted by Gasteiger charge is 2.24. The zero-order valence-electron chi connectivity index (χ0n) is 11.6. The Kier molecular flexibility index (Phi) is 5.26. The van der Waals surface area contributed by atoms with Gasteiger partial charge in [0, 0.05) is 38.8 Å². The van der Waals surface area contributed by atoms with E-state index in [1.165, 1.54) is 65.1 Å². The number of nitrogens with zero attached hydrogens (tertiary/aromatic N) is 2. The van der Waals surface area contributed by atoms with Crippen LogP contribution in [0.1, 0.15) is 33.1 Å². The number of piperazine rings is 1. The first-order valence-corrected chi connectivity index (χ1v) is 7.47. The van der Waals surface area contributed by atoms with Crippen LogP contribution in [0.25, 0.3) is 0 Å². The topological polar surface area (TPSA) is 18.5 Å². The molecular weight excluding hydrogens is 210 g/mol. The monoisotopic (exact) mass is 239 g/mol. The summed E-state index contributed by atoms with van der Waals surface area (Å²) < 4.78 is 0. The number of hydrogen-bond acceptors (Lipinski definition) is 3. The summed E-state index contributed by atoms with van der Waals surface area (Å²) in [7, 11) is 0. The third-order valence-electron chi connectivity index (χ3n) is 4.39. The van der Waals surface area contributed by atoms with Crippen molar-refractivity contribution >= 4 is 0 Å². The molecule has 2 fully saturated rings. The fraction of sp³-hybridized carbons (Fsp3) is 1.00. The van der Waals surface area contributed by atoms with Crippen molar-refractivity contribution in [3.05, 3.63) is 0 Å². The Labute approximate surface area is 107 Å². The van der Waals surface area contributed by atoms with Crippen LogP contribution in [0.15, 0.2) is 0 Å². The Bertz CT molecular complexity index is 212. The molecule has 0 aliphatic carbocycles. The molecule has 3 nitrogen and oxygen atoms in total. The molecule has 2 unspecified atom stereocenters. The summed E-state index contributed by atoms with van der Waals surface area (Å²) in [6.07, 6.45) is 4.07. The van der Waals surface area contributed by atoms with Gasteiger partial charge in [0.15, 0.2) is 0 Å². The van der Waals surface area contributed by atoms with Crippen LogP contribution in [0.4, 0.5) is 0 Å². The molecule has 1 N–H and O–H groups in total. The summed E-state index contributed by atoms with van der Waals surface area (Å²) in [5.41, 5.74) is 0. The zero-order chi connectivity index (χ0) is 12.1. The van der Waals surface area contributed by atoms with Gasteiger partial charge in [0.2, 0.25) is 0 Å². The second kappa shape index (κ2) is 6.72. The highest BCUT2D eigenvalue weighted by atomic mass is 15.3. The molecule has 0 radical (unpaired) electrons. The minimum Gasteiger partial charge on any atom is -0.312 e. The van der Waals surface area contributed by atoms with Gasteiger partial charge in [-0.2, -0.15) is 0 Å². The summed E-state index contributed by atoms with van der Waals surface area (Å²) in [6.45, 7) is 13.5. The molecule has 0 amide bonds. The molecular formula is C14H29N3. The largest absolute Gasteiger partial charge is 0.312 e. The van der Waals surface area contributed by atoms with Gasteiger partial charge in [0.1, 0.15) is 0 Å². The standard InChI is InChI=1S/C14H29N3/c1-3-7-16-8-10-17(11-9-16)12-14-13(2)5-4-6-15-14/h13-15H,3-12H2,1-2H3. The number of piperidine rings is 1. The highest BCUT2D eigenvalue weighted by Crippen LogP contribution is 2.17. The summed E-state index contributed by atoms with van der Waals surface area (Å²) in [4.78, 5) is 5.26. The predicted octanol–water partition coefficient (Wildman–Crippen LogP) is 1.40. The molecule has 2 heterocycles. The number of rotatable bonds is 4. The van der Waals surface area contributed by atoms with E-state index in [4.69, 9.17) is 0 Å². The van der Waals surface area contributed by atoms with Crippen molar-refractivity contribution in [3.63, 3.8) is 0 Å². The van der Waals surface area contributed by atoms with Gasteiger partial charge in [-0.3, -0.25) is 4.90 Å². The molecule has 100 valence electrons. The van der Waals surface area contributed by atoms with E-state index in [1.807, 2.05) is 0 Å². The first kappa shape index (κ1) is 13.3. The Morgan fingerprint density at radius 1 is 1.12 bits per heavy atom. The van der Waals surface area contributed by atoms with E-state index in [9.17, 15) is 0 Å². The number of nitrogens with one attached hydrogen (secondary N) is 1. The summed E-state index contributed by atoms with van der Waals surface area (Å²) >= 11 is 0. The maximum absolute atomic E-state index is 3.70. The van der Waals surface area contributed by atoms with Crippen molar-refractivity contribution < 1.29 is 0 Å². The van der Waals surface area contributed by atoms with Crippen molar-refractivity contribution in [3.8, 4) is 0 Å². The van der Waals surface area contributed by atoms with E-state index in [0.717, 1.165) is 12.0 Å². The van der Waals surface area contributed by atoms with Crippen molar-refractivity contribution in [2.75, 3.05) is 45.8 Å². The molecule has 3 heteroatoms. The summed E-state index contributed by atoms with van der Waals surface area (Å²) in [5, 5.41) is 3.70. The summed E-state index contributed by atoms with van der Waals surface area (Å²) in [6, 6.07) is 0.737. The average molecular weight is 239 g/mol. The maximum atomic E-state index is 3.70. The third kappa shape index (κ3) is 3.94. The lowest BCUT2D eigenvalue weighted by Crippen LogP contribution is -2.53. The lowest BCUT2D eigenvalue weighted by Gasteiger charge is -2.39. The summed E-state index contributed by atoms with van der Waals surface area (Å²) in [5.74, 6) is 0.859. The molecule has 0 spiro atoms. The van der Waals surface area contributed by atoms with Gasteiger partial charge in [-0.25, -0.2) is 0 Å². The third-order valence-corrected chi connectivity index (χ3v) is 4.39. The van der Waals surface area contributed by atoms with Crippen LogP contribution in [0.3, 0.4) is 0 Å². The van der Waals surface area contributed by atoms with E-state index in [1.54, 1.807) is 0 Å². The Morgan fingerprint density at radius 2 is 1.82 bits per heavy atom. The molecule has 2 aliphatic rings. The highest BCUT2D eigenvalue weighted by molar-refractivity contribution is 4.83. The van der Waals surface area contributed by atoms with Crippen LogP contribution in [0, 0.1) is 5.92 Å². The second-order valence-electron chi connectivity index (χ2n) is 5.82. The minimum absolute atomic E-state index is 0.737. The lowest BCUT2D eigenvalue weighted by molar-refractivity contribution is 0.109. The van der Waals surface area contributed by atoms with E-state index in [0.29, 0.717) is 0 Å². The minimum atomic E-state index is 0.737. The second-order valence-corrected chi connectivity index (χ2v) is 5.82. The van der Waals surface area contributed by atoms with E-state index in [-0.39, 0.29) is 0 Å². The molecule has 2 saturated heterocycles. The number of hydrogen-bond donors (Lipinski definition) is 1. The maximum Gasteiger partial charge on any atom is 0.0220 e. The molecule has 17 heavy (non-hydrogen) atoms. The Balaban J connectivity index is 1.70. The van der Waals surface area contributed by atoms with Crippen molar-refractivity contribution in [1.29, 1.82) is 0 Å². The van der Waals surface area contributed by atoms with E-state index < -0.39 is 0 Å². The average Bonchev–Trinajstić information content (AvgIpc) is 2.35. The molecule has 2 aliphatic heterocycles. The molecule has 2 atom stereocenters. The molecule has 2 rings (SSSR count). The van der Waals surface area contributed by atoms with Gasteiger partial charge in [-0.15, -0.1) is 0 Å². The van der Waals surface area contributed by atoms with Gasteiger partial charge in [-0.05, 0) is 38.3 Å². The normalized spacial score (nSPS) is 32.8. The van der Waals surface area contributed by atoms with Crippen molar-refractivity contribution in [2.45, 2.75) is 39.2 Å². The first-order valence-electron chi connectivity index (χ1n) is 7.47. The van der Waals surface area contributed by atoms with Crippen LogP contribution in [0.2, 0.25) is 0 Å². The SMILES string of the molecule is CCCN1CCN(CC2NCCCC2C)CC1. The van der Waals surface area contributed by atoms with Gasteiger partial charge in [0.05, 0.1) is 0 Å². The molecule has 0 aromatic carbocycles. The van der Waals surface area contributed by atoms with Crippen LogP contribution in [0.5, 0.6) is 0 Å². The van der Waals surface area contributed by atoms with Crippen molar-refractivity contribution in [1.82, 2.24) is 15.1 Å². The zero-order valence-corrected chi connectivity index (χ0v) is 11.6. The fourth-order valence-electron chi connectivity index (χ4n) is 3.15. The van der Waals surface area contributed by atoms with Crippen LogP contribution < -0.4 is 5.32 Å². The van der Waals surface area contributed by atoms with Crippen LogP contribution >= 0.6 is 0 Å².